The summed E-state index contributed by atoms with van der Waals surface area (Å²) >= 11 is 0. The maximum Gasteiger partial charge on any atom is 0.226 e. The fraction of sp³-hybridized carbons (Fsp3) is 0.400. The van der Waals surface area contributed by atoms with Gasteiger partial charge < -0.3 is 15.1 Å². The lowest BCUT2D eigenvalue weighted by molar-refractivity contribution is -0.128. The lowest BCUT2D eigenvalue weighted by atomic mass is 9.92. The molecule has 2 aromatic rings. The smallest absolute Gasteiger partial charge is 0.226 e. The van der Waals surface area contributed by atoms with Crippen molar-refractivity contribution in [3.05, 3.63) is 36.1 Å². The van der Waals surface area contributed by atoms with Gasteiger partial charge in [-0.05, 0) is 26.0 Å². The van der Waals surface area contributed by atoms with Crippen LogP contribution in [0.1, 0.15) is 19.6 Å². The van der Waals surface area contributed by atoms with E-state index in [1.54, 1.807) is 7.05 Å². The lowest BCUT2D eigenvalue weighted by Gasteiger charge is -2.22. The van der Waals surface area contributed by atoms with Gasteiger partial charge in [0, 0.05) is 19.0 Å². The first kappa shape index (κ1) is 13.6. The molecule has 0 aliphatic carbocycles. The number of rotatable bonds is 5. The van der Waals surface area contributed by atoms with Gasteiger partial charge in [-0.2, -0.15) is 0 Å². The predicted molar refractivity (Wildman–Crippen MR) is 75.8 cm³/mol. The fourth-order valence-electron chi connectivity index (χ4n) is 2.04. The minimum Gasteiger partial charge on any atom is -0.460 e. The molecule has 2 rings (SSSR count). The SMILES string of the molecule is CNC(=O)C(C)(C)CNCc1cc2ccccc2o1. The summed E-state index contributed by atoms with van der Waals surface area (Å²) in [5, 5.41) is 7.04. The van der Waals surface area contributed by atoms with Crippen LogP contribution in [-0.2, 0) is 11.3 Å². The van der Waals surface area contributed by atoms with E-state index in [9.17, 15) is 4.79 Å². The summed E-state index contributed by atoms with van der Waals surface area (Å²) in [6.45, 7) is 5.05. The fourth-order valence-corrected chi connectivity index (χ4v) is 2.04. The Morgan fingerprint density at radius 3 is 2.74 bits per heavy atom. The molecule has 4 nitrogen and oxygen atoms in total. The number of benzene rings is 1. The highest BCUT2D eigenvalue weighted by Gasteiger charge is 2.25. The maximum absolute atomic E-state index is 11.6. The molecular weight excluding hydrogens is 240 g/mol. The average Bonchev–Trinajstić information content (AvgIpc) is 2.80. The summed E-state index contributed by atoms with van der Waals surface area (Å²) in [6, 6.07) is 9.95. The molecule has 0 atom stereocenters. The van der Waals surface area contributed by atoms with Gasteiger partial charge in [-0.25, -0.2) is 0 Å². The van der Waals surface area contributed by atoms with Crippen molar-refractivity contribution in [2.45, 2.75) is 20.4 Å². The first-order valence-electron chi connectivity index (χ1n) is 6.43. The van der Waals surface area contributed by atoms with E-state index in [0.717, 1.165) is 16.7 Å². The van der Waals surface area contributed by atoms with Crippen LogP contribution in [0.3, 0.4) is 0 Å². The van der Waals surface area contributed by atoms with Crippen molar-refractivity contribution in [1.82, 2.24) is 10.6 Å². The zero-order valence-corrected chi connectivity index (χ0v) is 11.6. The molecule has 0 spiro atoms. The van der Waals surface area contributed by atoms with E-state index in [2.05, 4.69) is 10.6 Å². The molecule has 102 valence electrons. The Morgan fingerprint density at radius 2 is 2.05 bits per heavy atom. The standard InChI is InChI=1S/C15H20N2O2/c1-15(2,14(18)16-3)10-17-9-12-8-11-6-4-5-7-13(11)19-12/h4-8,17H,9-10H2,1-3H3,(H,16,18). The molecule has 19 heavy (non-hydrogen) atoms. The van der Waals surface area contributed by atoms with E-state index < -0.39 is 5.41 Å². The third-order valence-corrected chi connectivity index (χ3v) is 3.18. The van der Waals surface area contributed by atoms with Crippen molar-refractivity contribution in [1.29, 1.82) is 0 Å². The van der Waals surface area contributed by atoms with Crippen molar-refractivity contribution in [3.63, 3.8) is 0 Å². The molecule has 1 aromatic carbocycles. The molecule has 0 aliphatic rings. The molecule has 1 heterocycles. The first-order chi connectivity index (χ1) is 9.03. The molecule has 1 amide bonds. The Bertz CT molecular complexity index is 539. The number of carbonyl (C=O) groups is 1. The summed E-state index contributed by atoms with van der Waals surface area (Å²) in [6.07, 6.45) is 0. The second-order valence-electron chi connectivity index (χ2n) is 5.32. The van der Waals surface area contributed by atoms with Crippen molar-refractivity contribution in [3.8, 4) is 0 Å². The number of hydrogen-bond donors (Lipinski definition) is 2. The van der Waals surface area contributed by atoms with Crippen LogP contribution >= 0.6 is 0 Å². The first-order valence-corrected chi connectivity index (χ1v) is 6.43. The zero-order chi connectivity index (χ0) is 13.9. The van der Waals surface area contributed by atoms with Crippen LogP contribution < -0.4 is 10.6 Å². The van der Waals surface area contributed by atoms with Crippen LogP contribution in [0.25, 0.3) is 11.0 Å². The molecule has 0 unspecified atom stereocenters. The Labute approximate surface area is 113 Å². The van der Waals surface area contributed by atoms with E-state index in [4.69, 9.17) is 4.42 Å². The topological polar surface area (TPSA) is 54.3 Å². The summed E-state index contributed by atoms with van der Waals surface area (Å²) in [5.74, 6) is 0.915. The van der Waals surface area contributed by atoms with E-state index >= 15 is 0 Å². The highest BCUT2D eigenvalue weighted by molar-refractivity contribution is 5.81. The molecule has 0 saturated heterocycles. The van der Waals surface area contributed by atoms with Crippen LogP contribution in [0.4, 0.5) is 0 Å². The van der Waals surface area contributed by atoms with Crippen LogP contribution in [0.2, 0.25) is 0 Å². The highest BCUT2D eigenvalue weighted by atomic mass is 16.3. The second kappa shape index (κ2) is 5.45. The van der Waals surface area contributed by atoms with Gasteiger partial charge in [-0.3, -0.25) is 4.79 Å². The predicted octanol–water partition coefficient (Wildman–Crippen LogP) is 2.29. The molecule has 0 bridgehead atoms. The molecule has 4 heteroatoms. The normalized spacial score (nSPS) is 11.7. The van der Waals surface area contributed by atoms with Crippen molar-refractivity contribution >= 4 is 16.9 Å². The Balaban J connectivity index is 1.94. The number of nitrogens with one attached hydrogen (secondary N) is 2. The molecule has 0 aliphatic heterocycles. The second-order valence-corrected chi connectivity index (χ2v) is 5.32. The lowest BCUT2D eigenvalue weighted by Crippen LogP contribution is -2.41. The minimum absolute atomic E-state index is 0.0320. The van der Waals surface area contributed by atoms with Crippen LogP contribution in [0, 0.1) is 5.41 Å². The molecule has 0 fully saturated rings. The average molecular weight is 260 g/mol. The van der Waals surface area contributed by atoms with Crippen molar-refractivity contribution in [2.75, 3.05) is 13.6 Å². The van der Waals surface area contributed by atoms with E-state index in [1.165, 1.54) is 0 Å². The summed E-state index contributed by atoms with van der Waals surface area (Å²) in [5.41, 5.74) is 0.464. The quantitative estimate of drug-likeness (QED) is 0.867. The third-order valence-electron chi connectivity index (χ3n) is 3.18. The van der Waals surface area contributed by atoms with Gasteiger partial charge in [0.1, 0.15) is 11.3 Å². The monoisotopic (exact) mass is 260 g/mol. The van der Waals surface area contributed by atoms with Gasteiger partial charge in [0.2, 0.25) is 5.91 Å². The minimum atomic E-state index is -0.430. The summed E-state index contributed by atoms with van der Waals surface area (Å²) < 4.78 is 5.71. The Morgan fingerprint density at radius 1 is 1.32 bits per heavy atom. The molecule has 0 saturated carbocycles. The largest absolute Gasteiger partial charge is 0.460 e. The molecular formula is C15H20N2O2. The number of fused-ring (bicyclic) bond motifs is 1. The van der Waals surface area contributed by atoms with Crippen LogP contribution in [0.15, 0.2) is 34.7 Å². The summed E-state index contributed by atoms with van der Waals surface area (Å²) in [4.78, 5) is 11.6. The zero-order valence-electron chi connectivity index (χ0n) is 11.6. The van der Waals surface area contributed by atoms with Gasteiger partial charge in [0.25, 0.3) is 0 Å². The third kappa shape index (κ3) is 3.15. The Hall–Kier alpha value is -1.81. The van der Waals surface area contributed by atoms with Crippen LogP contribution in [0.5, 0.6) is 0 Å². The van der Waals surface area contributed by atoms with Crippen molar-refractivity contribution in [2.24, 2.45) is 5.41 Å². The number of para-hydroxylation sites is 1. The maximum atomic E-state index is 11.6. The molecule has 1 aromatic heterocycles. The van der Waals surface area contributed by atoms with Crippen molar-refractivity contribution < 1.29 is 9.21 Å². The van der Waals surface area contributed by atoms with Gasteiger partial charge in [-0.15, -0.1) is 0 Å². The van der Waals surface area contributed by atoms with E-state index in [1.807, 2.05) is 44.2 Å². The number of furan rings is 1. The number of carbonyl (C=O) groups excluding carboxylic acids is 1. The Kier molecular flexibility index (Phi) is 3.90. The van der Waals surface area contributed by atoms with E-state index in [-0.39, 0.29) is 5.91 Å². The van der Waals surface area contributed by atoms with Gasteiger partial charge in [0.05, 0.1) is 12.0 Å². The molecule has 0 radical (unpaired) electrons. The summed E-state index contributed by atoms with van der Waals surface area (Å²) in [7, 11) is 1.66. The molecule has 2 N–H and O–H groups in total. The highest BCUT2D eigenvalue weighted by Crippen LogP contribution is 2.19. The number of hydrogen-bond acceptors (Lipinski definition) is 3. The number of amides is 1. The van der Waals surface area contributed by atoms with Gasteiger partial charge in [-0.1, -0.05) is 18.2 Å². The van der Waals surface area contributed by atoms with Gasteiger partial charge in [0.15, 0.2) is 0 Å². The van der Waals surface area contributed by atoms with Crippen LogP contribution in [-0.4, -0.2) is 19.5 Å². The van der Waals surface area contributed by atoms with E-state index in [0.29, 0.717) is 13.1 Å². The van der Waals surface area contributed by atoms with Gasteiger partial charge >= 0.3 is 0 Å².